The predicted molar refractivity (Wildman–Crippen MR) is 79.1 cm³/mol. The molecule has 0 aliphatic rings. The molecule has 0 saturated carbocycles. The molecule has 1 nitrogen and oxygen atoms in total. The topological polar surface area (TPSA) is 13.1 Å². The van der Waals surface area contributed by atoms with Gasteiger partial charge in [0.25, 0.3) is 0 Å². The molecule has 0 fully saturated rings. The molecule has 0 saturated heterocycles. The van der Waals surface area contributed by atoms with Crippen molar-refractivity contribution in [1.29, 1.82) is 0 Å². The largest absolute Gasteiger partial charge is 0.452 e. The van der Waals surface area contributed by atoms with E-state index >= 15 is 0 Å². The van der Waals surface area contributed by atoms with Crippen LogP contribution in [0.5, 0.6) is 0 Å². The summed E-state index contributed by atoms with van der Waals surface area (Å²) in [5.41, 5.74) is 2.41. The van der Waals surface area contributed by atoms with Crippen LogP contribution in [0.25, 0.3) is 0 Å². The number of benzene rings is 1. The average molecular weight is 328 g/mol. The Balaban J connectivity index is 2.14. The van der Waals surface area contributed by atoms with Crippen molar-refractivity contribution < 1.29 is 4.42 Å². The van der Waals surface area contributed by atoms with E-state index in [2.05, 4.69) is 54.0 Å². The van der Waals surface area contributed by atoms with Crippen molar-refractivity contribution in [2.45, 2.75) is 25.6 Å². The summed E-state index contributed by atoms with van der Waals surface area (Å²) in [7, 11) is 0. The number of hydrogen-bond acceptors (Lipinski definition) is 1. The van der Waals surface area contributed by atoms with Crippen molar-refractivity contribution in [3.8, 4) is 0 Å². The standard InChI is InChI=1S/C15H16BrClO/c1-10(2)9-11-3-5-12(6-4-11)15(17)13-7-8-14(16)18-13/h3-8,10,15H,9H2,1-2H3. The van der Waals surface area contributed by atoms with Crippen LogP contribution < -0.4 is 0 Å². The number of furan rings is 1. The second-order valence-electron chi connectivity index (χ2n) is 4.84. The number of alkyl halides is 1. The van der Waals surface area contributed by atoms with Crippen LogP contribution in [0.1, 0.15) is 36.1 Å². The van der Waals surface area contributed by atoms with Gasteiger partial charge in [0, 0.05) is 0 Å². The summed E-state index contributed by atoms with van der Waals surface area (Å²) in [4.78, 5) is 0. The van der Waals surface area contributed by atoms with Crippen molar-refractivity contribution in [2.75, 3.05) is 0 Å². The van der Waals surface area contributed by atoms with Crippen molar-refractivity contribution in [2.24, 2.45) is 5.92 Å². The Kier molecular flexibility index (Phi) is 4.52. The van der Waals surface area contributed by atoms with Crippen molar-refractivity contribution in [3.63, 3.8) is 0 Å². The lowest BCUT2D eigenvalue weighted by Crippen LogP contribution is -1.96. The van der Waals surface area contributed by atoms with Crippen LogP contribution in [0.3, 0.4) is 0 Å². The van der Waals surface area contributed by atoms with Crippen molar-refractivity contribution >= 4 is 27.5 Å². The monoisotopic (exact) mass is 326 g/mol. The Morgan fingerprint density at radius 3 is 2.28 bits per heavy atom. The molecule has 2 aromatic rings. The van der Waals surface area contributed by atoms with Gasteiger partial charge in [0.15, 0.2) is 4.67 Å². The highest BCUT2D eigenvalue weighted by Gasteiger charge is 2.14. The number of halogens is 2. The molecule has 1 atom stereocenters. The fraction of sp³-hybridized carbons (Fsp3) is 0.333. The smallest absolute Gasteiger partial charge is 0.169 e. The fourth-order valence-electron chi connectivity index (χ4n) is 1.92. The summed E-state index contributed by atoms with van der Waals surface area (Å²) in [5.74, 6) is 1.43. The van der Waals surface area contributed by atoms with Gasteiger partial charge >= 0.3 is 0 Å². The first kappa shape index (κ1) is 13.7. The van der Waals surface area contributed by atoms with Crippen LogP contribution in [0.2, 0.25) is 0 Å². The van der Waals surface area contributed by atoms with Gasteiger partial charge in [-0.1, -0.05) is 38.1 Å². The molecule has 0 aliphatic carbocycles. The van der Waals surface area contributed by atoms with Gasteiger partial charge in [-0.3, -0.25) is 0 Å². The fourth-order valence-corrected chi connectivity index (χ4v) is 2.50. The van der Waals surface area contributed by atoms with E-state index in [1.165, 1.54) is 5.56 Å². The van der Waals surface area contributed by atoms with E-state index in [-0.39, 0.29) is 5.38 Å². The Morgan fingerprint density at radius 1 is 1.11 bits per heavy atom. The second kappa shape index (κ2) is 5.94. The first-order valence-electron chi connectivity index (χ1n) is 6.04. The zero-order valence-corrected chi connectivity index (χ0v) is 12.8. The maximum absolute atomic E-state index is 6.39. The van der Waals surface area contributed by atoms with E-state index in [0.717, 1.165) is 17.7 Å². The van der Waals surface area contributed by atoms with Gasteiger partial charge in [-0.05, 0) is 51.5 Å². The number of rotatable bonds is 4. The molecule has 18 heavy (non-hydrogen) atoms. The van der Waals surface area contributed by atoms with Crippen LogP contribution in [-0.2, 0) is 6.42 Å². The molecule has 1 aromatic heterocycles. The maximum atomic E-state index is 6.39. The molecule has 0 N–H and O–H groups in total. The van der Waals surface area contributed by atoms with Crippen LogP contribution >= 0.6 is 27.5 Å². The summed E-state index contributed by atoms with van der Waals surface area (Å²) in [6.07, 6.45) is 1.10. The van der Waals surface area contributed by atoms with E-state index in [0.29, 0.717) is 10.6 Å². The summed E-state index contributed by atoms with van der Waals surface area (Å²) in [6.45, 7) is 4.44. The van der Waals surface area contributed by atoms with Crippen LogP contribution in [-0.4, -0.2) is 0 Å². The Labute approximate surface area is 121 Å². The molecule has 0 spiro atoms. The van der Waals surface area contributed by atoms with Gasteiger partial charge in [-0.2, -0.15) is 0 Å². The van der Waals surface area contributed by atoms with E-state index in [4.69, 9.17) is 16.0 Å². The summed E-state index contributed by atoms with van der Waals surface area (Å²) >= 11 is 9.67. The third-order valence-corrected chi connectivity index (χ3v) is 3.65. The lowest BCUT2D eigenvalue weighted by Gasteiger charge is -2.09. The van der Waals surface area contributed by atoms with E-state index in [1.807, 2.05) is 12.1 Å². The molecule has 1 unspecified atom stereocenters. The zero-order valence-electron chi connectivity index (χ0n) is 10.5. The summed E-state index contributed by atoms with van der Waals surface area (Å²) < 4.78 is 6.19. The second-order valence-corrected chi connectivity index (χ2v) is 6.06. The van der Waals surface area contributed by atoms with Gasteiger partial charge < -0.3 is 4.42 Å². The minimum absolute atomic E-state index is 0.232. The SMILES string of the molecule is CC(C)Cc1ccc(C(Cl)c2ccc(Br)o2)cc1. The minimum Gasteiger partial charge on any atom is -0.452 e. The molecule has 1 heterocycles. The zero-order chi connectivity index (χ0) is 13.1. The third-order valence-electron chi connectivity index (χ3n) is 2.76. The first-order chi connectivity index (χ1) is 8.56. The predicted octanol–water partition coefficient (Wildman–Crippen LogP) is 5.57. The molecule has 0 radical (unpaired) electrons. The number of hydrogen-bond donors (Lipinski definition) is 0. The summed E-state index contributed by atoms with van der Waals surface area (Å²) in [5, 5.41) is -0.232. The maximum Gasteiger partial charge on any atom is 0.169 e. The molecule has 0 bridgehead atoms. The van der Waals surface area contributed by atoms with Crippen LogP contribution in [0.4, 0.5) is 0 Å². The van der Waals surface area contributed by atoms with Crippen molar-refractivity contribution in [1.82, 2.24) is 0 Å². The van der Waals surface area contributed by atoms with Gasteiger partial charge in [0.2, 0.25) is 0 Å². The Hall–Kier alpha value is -0.730. The molecular formula is C15H16BrClO. The normalized spacial score (nSPS) is 12.9. The van der Waals surface area contributed by atoms with Crippen LogP contribution in [0.15, 0.2) is 45.5 Å². The lowest BCUT2D eigenvalue weighted by atomic mass is 10.0. The highest BCUT2D eigenvalue weighted by atomic mass is 79.9. The molecule has 1 aromatic carbocycles. The van der Waals surface area contributed by atoms with E-state index < -0.39 is 0 Å². The highest BCUT2D eigenvalue weighted by Crippen LogP contribution is 2.31. The van der Waals surface area contributed by atoms with Crippen molar-refractivity contribution in [3.05, 3.63) is 58.0 Å². The van der Waals surface area contributed by atoms with E-state index in [1.54, 1.807) is 0 Å². The van der Waals surface area contributed by atoms with Gasteiger partial charge in [-0.25, -0.2) is 0 Å². The van der Waals surface area contributed by atoms with E-state index in [9.17, 15) is 0 Å². The average Bonchev–Trinajstić information content (AvgIpc) is 2.75. The molecule has 3 heteroatoms. The molecule has 2 rings (SSSR count). The molecule has 0 aliphatic heterocycles. The summed E-state index contributed by atoms with van der Waals surface area (Å²) in [6, 6.07) is 12.2. The quantitative estimate of drug-likeness (QED) is 0.669. The molecule has 96 valence electrons. The van der Waals surface area contributed by atoms with Gasteiger partial charge in [0.05, 0.1) is 0 Å². The van der Waals surface area contributed by atoms with Gasteiger partial charge in [-0.15, -0.1) is 11.6 Å². The Bertz CT molecular complexity index is 501. The highest BCUT2D eigenvalue weighted by molar-refractivity contribution is 9.10. The first-order valence-corrected chi connectivity index (χ1v) is 7.27. The minimum atomic E-state index is -0.232. The Morgan fingerprint density at radius 2 is 1.78 bits per heavy atom. The third kappa shape index (κ3) is 3.39. The lowest BCUT2D eigenvalue weighted by molar-refractivity contribution is 0.494. The molecule has 0 amide bonds. The molecular weight excluding hydrogens is 312 g/mol. The van der Waals surface area contributed by atoms with Crippen LogP contribution in [0, 0.1) is 5.92 Å². The van der Waals surface area contributed by atoms with Gasteiger partial charge in [0.1, 0.15) is 11.1 Å².